The highest BCUT2D eigenvalue weighted by Crippen LogP contribution is 2.38. The van der Waals surface area contributed by atoms with Gasteiger partial charge in [0.2, 0.25) is 0 Å². The van der Waals surface area contributed by atoms with Crippen LogP contribution in [-0.4, -0.2) is 32.5 Å². The van der Waals surface area contributed by atoms with Gasteiger partial charge in [0, 0.05) is 18.3 Å². The number of nitrogens with zero attached hydrogens (tertiary/aromatic N) is 4. The highest BCUT2D eigenvalue weighted by molar-refractivity contribution is 5.96. The Hall–Kier alpha value is -2.44. The second kappa shape index (κ2) is 5.33. The number of aromatic nitrogens is 3. The summed E-state index contributed by atoms with van der Waals surface area (Å²) in [6.45, 7) is 8.04. The van der Waals surface area contributed by atoms with E-state index in [-0.39, 0.29) is 5.91 Å². The van der Waals surface area contributed by atoms with Gasteiger partial charge in [0.15, 0.2) is 5.82 Å². The first-order valence-corrected chi connectivity index (χ1v) is 7.69. The van der Waals surface area contributed by atoms with Gasteiger partial charge in [0.1, 0.15) is 22.7 Å². The Morgan fingerprint density at radius 2 is 2.09 bits per heavy atom. The van der Waals surface area contributed by atoms with Crippen molar-refractivity contribution in [2.75, 3.05) is 12.3 Å². The van der Waals surface area contributed by atoms with E-state index in [4.69, 9.17) is 10.3 Å². The summed E-state index contributed by atoms with van der Waals surface area (Å²) >= 11 is 0. The smallest absolute Gasteiger partial charge is 0.260 e. The van der Waals surface area contributed by atoms with E-state index in [9.17, 15) is 4.79 Å². The fourth-order valence-corrected chi connectivity index (χ4v) is 3.28. The van der Waals surface area contributed by atoms with E-state index in [2.05, 4.69) is 15.1 Å². The molecule has 1 aliphatic rings. The molecular weight excluding hydrogens is 294 g/mol. The van der Waals surface area contributed by atoms with Crippen molar-refractivity contribution in [3.63, 3.8) is 0 Å². The lowest BCUT2D eigenvalue weighted by Crippen LogP contribution is -2.44. The molecule has 2 N–H and O–H groups in total. The standard InChI is InChI=1S/C16H21N5O2/c1-9-8-12(17)19-15(18-9)16(4)6-5-7-21(16)14(22)13-10(2)20-23-11(13)3/h8H,5-7H2,1-4H3,(H2,17,18,19)/t16-/m1/s1. The number of likely N-dealkylation sites (tertiary alicyclic amines) is 1. The zero-order chi connectivity index (χ0) is 16.8. The second-order valence-electron chi connectivity index (χ2n) is 6.29. The first-order valence-electron chi connectivity index (χ1n) is 7.69. The van der Waals surface area contributed by atoms with Crippen molar-refractivity contribution in [3.05, 3.63) is 34.6 Å². The minimum absolute atomic E-state index is 0.0927. The highest BCUT2D eigenvalue weighted by atomic mass is 16.5. The maximum absolute atomic E-state index is 13.0. The summed E-state index contributed by atoms with van der Waals surface area (Å²) in [5, 5.41) is 3.88. The first-order chi connectivity index (χ1) is 10.8. The summed E-state index contributed by atoms with van der Waals surface area (Å²) in [6.07, 6.45) is 1.69. The summed E-state index contributed by atoms with van der Waals surface area (Å²) in [4.78, 5) is 23.8. The predicted octanol–water partition coefficient (Wildman–Crippen LogP) is 2.12. The second-order valence-corrected chi connectivity index (χ2v) is 6.29. The van der Waals surface area contributed by atoms with Gasteiger partial charge >= 0.3 is 0 Å². The molecule has 1 aliphatic heterocycles. The molecular formula is C16H21N5O2. The minimum atomic E-state index is -0.576. The van der Waals surface area contributed by atoms with Crippen LogP contribution in [0.1, 0.15) is 53.1 Å². The van der Waals surface area contributed by atoms with Gasteiger partial charge in [-0.25, -0.2) is 9.97 Å². The van der Waals surface area contributed by atoms with Crippen LogP contribution in [-0.2, 0) is 5.54 Å². The van der Waals surface area contributed by atoms with Crippen LogP contribution in [0, 0.1) is 20.8 Å². The largest absolute Gasteiger partial charge is 0.384 e. The Morgan fingerprint density at radius 1 is 1.35 bits per heavy atom. The lowest BCUT2D eigenvalue weighted by Gasteiger charge is -2.34. The minimum Gasteiger partial charge on any atom is -0.384 e. The van der Waals surface area contributed by atoms with E-state index >= 15 is 0 Å². The third kappa shape index (κ3) is 2.46. The SMILES string of the molecule is Cc1cc(N)nc([C@@]2(C)CCCN2C(=O)c2c(C)noc2C)n1. The van der Waals surface area contributed by atoms with Crippen LogP contribution in [0.15, 0.2) is 10.6 Å². The van der Waals surface area contributed by atoms with E-state index in [0.29, 0.717) is 35.2 Å². The average Bonchev–Trinajstić information content (AvgIpc) is 3.02. The van der Waals surface area contributed by atoms with Gasteiger partial charge in [-0.1, -0.05) is 5.16 Å². The molecule has 0 aliphatic carbocycles. The number of nitrogen functional groups attached to an aromatic ring is 1. The lowest BCUT2D eigenvalue weighted by molar-refractivity contribution is 0.0601. The van der Waals surface area contributed by atoms with Gasteiger partial charge < -0.3 is 15.2 Å². The van der Waals surface area contributed by atoms with Crippen LogP contribution in [0.3, 0.4) is 0 Å². The summed E-state index contributed by atoms with van der Waals surface area (Å²) in [7, 11) is 0. The number of aryl methyl sites for hydroxylation is 3. The third-order valence-corrected chi connectivity index (χ3v) is 4.49. The molecule has 0 radical (unpaired) electrons. The average molecular weight is 315 g/mol. The molecule has 7 heteroatoms. The number of amides is 1. The number of carbonyl (C=O) groups is 1. The van der Waals surface area contributed by atoms with E-state index in [1.165, 1.54) is 0 Å². The van der Waals surface area contributed by atoms with Crippen LogP contribution in [0.4, 0.5) is 5.82 Å². The Bertz CT molecular complexity index is 730. The summed E-state index contributed by atoms with van der Waals surface area (Å²) in [5.41, 5.74) is 7.22. The number of hydrogen-bond donors (Lipinski definition) is 1. The van der Waals surface area contributed by atoms with Crippen LogP contribution in [0.25, 0.3) is 0 Å². The predicted molar refractivity (Wildman–Crippen MR) is 84.8 cm³/mol. The summed E-state index contributed by atoms with van der Waals surface area (Å²) in [6, 6.07) is 1.72. The number of hydrogen-bond acceptors (Lipinski definition) is 6. The molecule has 1 atom stereocenters. The Labute approximate surface area is 134 Å². The maximum Gasteiger partial charge on any atom is 0.260 e. The molecule has 1 amide bonds. The number of rotatable bonds is 2. The molecule has 2 aromatic rings. The number of nitrogens with two attached hydrogens (primary N) is 1. The van der Waals surface area contributed by atoms with Crippen molar-refractivity contribution in [3.8, 4) is 0 Å². The quantitative estimate of drug-likeness (QED) is 0.911. The van der Waals surface area contributed by atoms with E-state index in [0.717, 1.165) is 18.5 Å². The molecule has 0 saturated carbocycles. The zero-order valence-corrected chi connectivity index (χ0v) is 13.9. The Balaban J connectivity index is 2.04. The topological polar surface area (TPSA) is 98.1 Å². The molecule has 0 bridgehead atoms. The molecule has 7 nitrogen and oxygen atoms in total. The number of carbonyl (C=O) groups excluding carboxylic acids is 1. The van der Waals surface area contributed by atoms with Crippen molar-refractivity contribution >= 4 is 11.7 Å². The molecule has 122 valence electrons. The lowest BCUT2D eigenvalue weighted by atomic mass is 9.96. The third-order valence-electron chi connectivity index (χ3n) is 4.49. The number of anilines is 1. The molecule has 0 aromatic carbocycles. The van der Waals surface area contributed by atoms with Crippen molar-refractivity contribution < 1.29 is 9.32 Å². The van der Waals surface area contributed by atoms with Gasteiger partial charge in [-0.3, -0.25) is 4.79 Å². The molecule has 3 heterocycles. The molecule has 0 spiro atoms. The van der Waals surface area contributed by atoms with Crippen LogP contribution < -0.4 is 5.73 Å². The summed E-state index contributed by atoms with van der Waals surface area (Å²) < 4.78 is 5.14. The first kappa shape index (κ1) is 15.5. The molecule has 1 fully saturated rings. The van der Waals surface area contributed by atoms with E-state index in [1.54, 1.807) is 19.9 Å². The van der Waals surface area contributed by atoms with Crippen LogP contribution >= 0.6 is 0 Å². The summed E-state index contributed by atoms with van der Waals surface area (Å²) in [5.74, 6) is 1.45. The van der Waals surface area contributed by atoms with Gasteiger partial charge in [0.05, 0.1) is 5.69 Å². The van der Waals surface area contributed by atoms with Crippen molar-refractivity contribution in [2.45, 2.75) is 46.1 Å². The van der Waals surface area contributed by atoms with Gasteiger partial charge in [0.25, 0.3) is 5.91 Å². The molecule has 0 unspecified atom stereocenters. The molecule has 23 heavy (non-hydrogen) atoms. The highest BCUT2D eigenvalue weighted by Gasteiger charge is 2.45. The van der Waals surface area contributed by atoms with Crippen molar-refractivity contribution in [2.24, 2.45) is 0 Å². The van der Waals surface area contributed by atoms with E-state index in [1.807, 2.05) is 18.7 Å². The fraction of sp³-hybridized carbons (Fsp3) is 0.500. The van der Waals surface area contributed by atoms with E-state index < -0.39 is 5.54 Å². The normalized spacial score (nSPS) is 21.0. The van der Waals surface area contributed by atoms with Crippen LogP contribution in [0.2, 0.25) is 0 Å². The van der Waals surface area contributed by atoms with Gasteiger partial charge in [-0.15, -0.1) is 0 Å². The Morgan fingerprint density at radius 3 is 2.70 bits per heavy atom. The molecule has 2 aromatic heterocycles. The Kier molecular flexibility index (Phi) is 3.58. The zero-order valence-electron chi connectivity index (χ0n) is 13.9. The molecule has 3 rings (SSSR count). The molecule has 1 saturated heterocycles. The monoisotopic (exact) mass is 315 g/mol. The maximum atomic E-state index is 13.0. The van der Waals surface area contributed by atoms with Crippen molar-refractivity contribution in [1.82, 2.24) is 20.0 Å². The van der Waals surface area contributed by atoms with Crippen molar-refractivity contribution in [1.29, 1.82) is 0 Å². The van der Waals surface area contributed by atoms with Gasteiger partial charge in [-0.05, 0) is 40.5 Å². The fourth-order valence-electron chi connectivity index (χ4n) is 3.28. The van der Waals surface area contributed by atoms with Gasteiger partial charge in [-0.2, -0.15) is 0 Å². The van der Waals surface area contributed by atoms with Crippen LogP contribution in [0.5, 0.6) is 0 Å².